The third kappa shape index (κ3) is 17.8. The number of nitrogens with zero attached hydrogens (tertiary/aromatic N) is 2. The lowest BCUT2D eigenvalue weighted by atomic mass is 10.0. The summed E-state index contributed by atoms with van der Waals surface area (Å²) in [4.78, 5) is 35.3. The van der Waals surface area contributed by atoms with Crippen LogP contribution in [0.5, 0.6) is 11.5 Å². The van der Waals surface area contributed by atoms with E-state index in [2.05, 4.69) is 13.8 Å². The van der Waals surface area contributed by atoms with Crippen LogP contribution in [-0.4, -0.2) is 21.9 Å². The van der Waals surface area contributed by atoms with Gasteiger partial charge in [0.05, 0.1) is 22.1 Å². The second-order valence-electron chi connectivity index (χ2n) is 14.4. The zero-order valence-corrected chi connectivity index (χ0v) is 31.8. The van der Waals surface area contributed by atoms with Gasteiger partial charge in [0.25, 0.3) is 0 Å². The van der Waals surface area contributed by atoms with Crippen molar-refractivity contribution in [1.29, 1.82) is 0 Å². The predicted molar refractivity (Wildman–Crippen MR) is 209 cm³/mol. The van der Waals surface area contributed by atoms with Gasteiger partial charge in [0.1, 0.15) is 0 Å². The average molecular weight is 689 g/mol. The van der Waals surface area contributed by atoms with Crippen molar-refractivity contribution in [1.82, 2.24) is 9.97 Å². The lowest BCUT2D eigenvalue weighted by Crippen LogP contribution is -2.12. The number of carbonyl (C=O) groups excluding carboxylic acids is 2. The number of para-hydroxylation sites is 2. The van der Waals surface area contributed by atoms with Crippen molar-refractivity contribution in [3.8, 4) is 11.5 Å². The van der Waals surface area contributed by atoms with Gasteiger partial charge in [-0.05, 0) is 25.0 Å². The Bertz CT molecular complexity index is 1250. The summed E-state index contributed by atoms with van der Waals surface area (Å²) in [6, 6.07) is 11.0. The molecule has 1 aromatic heterocycles. The highest BCUT2D eigenvalue weighted by Gasteiger charge is 2.17. The van der Waals surface area contributed by atoms with E-state index in [0.29, 0.717) is 23.9 Å². The molecule has 0 aliphatic rings. The first-order chi connectivity index (χ1) is 24.6. The third-order valence-corrected chi connectivity index (χ3v) is 9.82. The van der Waals surface area contributed by atoms with Crippen molar-refractivity contribution < 1.29 is 19.1 Å². The highest BCUT2D eigenvalue weighted by atomic mass is 16.6. The standard InChI is InChI=1S/C44H68N2O4/c1-3-5-7-9-11-13-15-17-19-21-23-25-27-33-43(47)49-41-35-39-40(46-38-32-30-29-31-37(38)45-39)36-42(41)50-44(48)34-28-26-24-22-20-18-16-14-12-10-8-6-4-2/h29-32,35-36H,3-28,33-34H2,1-2H3. The Labute approximate surface area is 303 Å². The average Bonchev–Trinajstić information content (AvgIpc) is 3.11. The van der Waals surface area contributed by atoms with Gasteiger partial charge in [-0.15, -0.1) is 0 Å². The molecule has 0 atom stereocenters. The van der Waals surface area contributed by atoms with E-state index in [1.165, 1.54) is 128 Å². The molecule has 0 spiro atoms. The van der Waals surface area contributed by atoms with Crippen molar-refractivity contribution in [3.05, 3.63) is 36.4 Å². The summed E-state index contributed by atoms with van der Waals surface area (Å²) >= 11 is 0. The van der Waals surface area contributed by atoms with E-state index < -0.39 is 0 Å². The second-order valence-corrected chi connectivity index (χ2v) is 14.4. The molecule has 0 saturated heterocycles. The fourth-order valence-corrected chi connectivity index (χ4v) is 6.71. The molecule has 6 nitrogen and oxygen atoms in total. The maximum atomic E-state index is 12.9. The molecule has 0 saturated carbocycles. The van der Waals surface area contributed by atoms with Gasteiger partial charge in [0.15, 0.2) is 11.5 Å². The van der Waals surface area contributed by atoms with Gasteiger partial charge in [0, 0.05) is 25.0 Å². The van der Waals surface area contributed by atoms with Gasteiger partial charge in [-0.1, -0.05) is 180 Å². The lowest BCUT2D eigenvalue weighted by Gasteiger charge is -2.12. The Kier molecular flexibility index (Phi) is 22.1. The maximum Gasteiger partial charge on any atom is 0.311 e. The highest BCUT2D eigenvalue weighted by Crippen LogP contribution is 2.33. The lowest BCUT2D eigenvalue weighted by molar-refractivity contribution is -0.137. The van der Waals surface area contributed by atoms with Gasteiger partial charge in [-0.25, -0.2) is 9.97 Å². The van der Waals surface area contributed by atoms with Crippen molar-refractivity contribution in [3.63, 3.8) is 0 Å². The molecule has 0 aliphatic carbocycles. The van der Waals surface area contributed by atoms with E-state index in [-0.39, 0.29) is 23.4 Å². The molecule has 0 N–H and O–H groups in total. The fourth-order valence-electron chi connectivity index (χ4n) is 6.71. The summed E-state index contributed by atoms with van der Waals surface area (Å²) < 4.78 is 11.6. The molecule has 3 aromatic rings. The fraction of sp³-hybridized carbons (Fsp3) is 0.682. The molecular weight excluding hydrogens is 620 g/mol. The van der Waals surface area contributed by atoms with E-state index >= 15 is 0 Å². The van der Waals surface area contributed by atoms with Crippen LogP contribution in [0, 0.1) is 0 Å². The molecule has 278 valence electrons. The summed E-state index contributed by atoms with van der Waals surface area (Å²) in [5, 5.41) is 0. The van der Waals surface area contributed by atoms with Crippen LogP contribution < -0.4 is 9.47 Å². The summed E-state index contributed by atoms with van der Waals surface area (Å²) in [6.07, 6.45) is 33.3. The van der Waals surface area contributed by atoms with E-state index in [9.17, 15) is 9.59 Å². The largest absolute Gasteiger partial charge is 0.422 e. The molecule has 0 fully saturated rings. The van der Waals surface area contributed by atoms with Crippen LogP contribution in [0.2, 0.25) is 0 Å². The molecular formula is C44H68N2O4. The van der Waals surface area contributed by atoms with Crippen molar-refractivity contribution in [2.24, 2.45) is 0 Å². The molecule has 0 radical (unpaired) electrons. The quantitative estimate of drug-likeness (QED) is 0.0300. The molecule has 0 bridgehead atoms. The zero-order valence-electron chi connectivity index (χ0n) is 31.8. The van der Waals surface area contributed by atoms with Gasteiger partial charge < -0.3 is 9.47 Å². The van der Waals surface area contributed by atoms with Crippen LogP contribution >= 0.6 is 0 Å². The van der Waals surface area contributed by atoms with Crippen molar-refractivity contribution >= 4 is 34.0 Å². The van der Waals surface area contributed by atoms with Crippen molar-refractivity contribution in [2.75, 3.05) is 0 Å². The Morgan fingerprint density at radius 3 is 1.00 bits per heavy atom. The van der Waals surface area contributed by atoms with Gasteiger partial charge in [-0.3, -0.25) is 9.59 Å². The predicted octanol–water partition coefficient (Wildman–Crippen LogP) is 13.6. The Morgan fingerprint density at radius 2 is 0.700 bits per heavy atom. The number of carbonyl (C=O) groups is 2. The second kappa shape index (κ2) is 26.7. The van der Waals surface area contributed by atoms with Crippen LogP contribution in [0.15, 0.2) is 36.4 Å². The number of aromatic nitrogens is 2. The number of esters is 2. The number of ether oxygens (including phenoxy) is 2. The number of hydrogen-bond acceptors (Lipinski definition) is 6. The summed E-state index contributed by atoms with van der Waals surface area (Å²) in [6.45, 7) is 4.53. The van der Waals surface area contributed by atoms with Gasteiger partial charge in [0.2, 0.25) is 0 Å². The van der Waals surface area contributed by atoms with E-state index in [1.807, 2.05) is 24.3 Å². The van der Waals surface area contributed by atoms with Crippen molar-refractivity contribution in [2.45, 2.75) is 194 Å². The molecule has 1 heterocycles. The normalized spacial score (nSPS) is 11.4. The minimum atomic E-state index is -0.310. The maximum absolute atomic E-state index is 12.9. The van der Waals surface area contributed by atoms with E-state index in [0.717, 1.165) is 49.6 Å². The molecule has 2 aromatic carbocycles. The monoisotopic (exact) mass is 689 g/mol. The number of rotatable bonds is 30. The first-order valence-corrected chi connectivity index (χ1v) is 20.7. The van der Waals surface area contributed by atoms with E-state index in [1.54, 1.807) is 12.1 Å². The topological polar surface area (TPSA) is 78.4 Å². The highest BCUT2D eigenvalue weighted by molar-refractivity contribution is 5.89. The summed E-state index contributed by atoms with van der Waals surface area (Å²) in [5.41, 5.74) is 2.72. The van der Waals surface area contributed by atoms with Crippen LogP contribution in [0.1, 0.15) is 194 Å². The summed E-state index contributed by atoms with van der Waals surface area (Å²) in [5.74, 6) is -0.147. The minimum Gasteiger partial charge on any atom is -0.422 e. The smallest absolute Gasteiger partial charge is 0.311 e. The number of fused-ring (bicyclic) bond motifs is 2. The summed E-state index contributed by atoms with van der Waals surface area (Å²) in [7, 11) is 0. The Hall–Kier alpha value is -3.02. The first kappa shape index (κ1) is 41.4. The zero-order chi connectivity index (χ0) is 35.5. The SMILES string of the molecule is CCCCCCCCCCCCCCCC(=O)Oc1cc2nc3ccccc3nc2cc1OC(=O)CCCCCCCCCCCCCCC. The molecule has 3 rings (SSSR count). The van der Waals surface area contributed by atoms with Crippen LogP contribution in [0.4, 0.5) is 0 Å². The molecule has 0 unspecified atom stereocenters. The number of hydrogen-bond donors (Lipinski definition) is 0. The van der Waals surface area contributed by atoms with Crippen LogP contribution in [0.25, 0.3) is 22.1 Å². The Balaban J connectivity index is 1.39. The van der Waals surface area contributed by atoms with Crippen LogP contribution in [-0.2, 0) is 9.59 Å². The molecule has 0 amide bonds. The molecule has 0 aliphatic heterocycles. The molecule has 50 heavy (non-hydrogen) atoms. The first-order valence-electron chi connectivity index (χ1n) is 20.7. The molecule has 6 heteroatoms. The van der Waals surface area contributed by atoms with Gasteiger partial charge in [-0.2, -0.15) is 0 Å². The van der Waals surface area contributed by atoms with Gasteiger partial charge >= 0.3 is 11.9 Å². The van der Waals surface area contributed by atoms with E-state index in [4.69, 9.17) is 19.4 Å². The third-order valence-electron chi connectivity index (χ3n) is 9.82. The number of benzene rings is 2. The van der Waals surface area contributed by atoms with Crippen LogP contribution in [0.3, 0.4) is 0 Å². The minimum absolute atomic E-state index is 0.237. The Morgan fingerprint density at radius 1 is 0.420 bits per heavy atom. The number of unbranched alkanes of at least 4 members (excludes halogenated alkanes) is 24.